The van der Waals surface area contributed by atoms with E-state index >= 15 is 0 Å². The van der Waals surface area contributed by atoms with Crippen LogP contribution in [0.1, 0.15) is 50.7 Å². The minimum atomic E-state index is -0.843. The Bertz CT molecular complexity index is 1020. The highest BCUT2D eigenvalue weighted by atomic mass is 16.5. The molecule has 0 radical (unpaired) electrons. The van der Waals surface area contributed by atoms with Crippen molar-refractivity contribution in [1.82, 2.24) is 10.6 Å². The third kappa shape index (κ3) is 4.72. The van der Waals surface area contributed by atoms with Crippen LogP contribution in [-0.4, -0.2) is 41.8 Å². The molecule has 2 aromatic rings. The van der Waals surface area contributed by atoms with Crippen molar-refractivity contribution in [2.45, 2.75) is 51.6 Å². The first-order chi connectivity index (χ1) is 15.6. The Balaban J connectivity index is 1.39. The molecule has 174 valence electrons. The second-order valence-corrected chi connectivity index (χ2v) is 9.98. The number of hydrogen-bond donors (Lipinski definition) is 3. The van der Waals surface area contributed by atoms with Crippen LogP contribution in [0.2, 0.25) is 0 Å². The molecule has 0 aromatic heterocycles. The molecule has 1 atom stereocenters. The number of rotatable bonds is 6. The molecule has 1 saturated carbocycles. The summed E-state index contributed by atoms with van der Waals surface area (Å²) < 4.78 is 5.60. The van der Waals surface area contributed by atoms with Crippen LogP contribution in [0, 0.1) is 11.3 Å². The van der Waals surface area contributed by atoms with E-state index in [0.29, 0.717) is 12.8 Å². The van der Waals surface area contributed by atoms with Crippen molar-refractivity contribution < 1.29 is 24.2 Å². The summed E-state index contributed by atoms with van der Waals surface area (Å²) >= 11 is 0. The first-order valence-electron chi connectivity index (χ1n) is 11.3. The Kier molecular flexibility index (Phi) is 6.15. The molecule has 7 heteroatoms. The van der Waals surface area contributed by atoms with E-state index in [0.717, 1.165) is 22.3 Å². The number of amides is 2. The Morgan fingerprint density at radius 2 is 1.55 bits per heavy atom. The zero-order valence-corrected chi connectivity index (χ0v) is 19.1. The molecular formula is C26H30N2O5. The van der Waals surface area contributed by atoms with Gasteiger partial charge < -0.3 is 20.5 Å². The van der Waals surface area contributed by atoms with Gasteiger partial charge in [0.1, 0.15) is 12.6 Å². The summed E-state index contributed by atoms with van der Waals surface area (Å²) in [6.45, 7) is 5.76. The lowest BCUT2D eigenvalue weighted by Gasteiger charge is -2.36. The number of ether oxygens (including phenoxy) is 1. The fourth-order valence-corrected chi connectivity index (χ4v) is 4.66. The van der Waals surface area contributed by atoms with E-state index in [9.17, 15) is 14.4 Å². The highest BCUT2D eigenvalue weighted by Crippen LogP contribution is 2.44. The summed E-state index contributed by atoms with van der Waals surface area (Å²) in [5, 5.41) is 14.6. The lowest BCUT2D eigenvalue weighted by molar-refractivity contribution is -0.146. The first kappa shape index (κ1) is 22.8. The van der Waals surface area contributed by atoms with Crippen molar-refractivity contribution in [2.75, 3.05) is 6.61 Å². The summed E-state index contributed by atoms with van der Waals surface area (Å²) in [5.74, 6) is -1.65. The molecule has 2 aliphatic carbocycles. The Labute approximate surface area is 193 Å². The molecule has 0 bridgehead atoms. The number of aliphatic carboxylic acids is 1. The zero-order chi connectivity index (χ0) is 23.8. The van der Waals surface area contributed by atoms with Crippen LogP contribution in [0.5, 0.6) is 0 Å². The fourth-order valence-electron chi connectivity index (χ4n) is 4.66. The molecule has 0 unspecified atom stereocenters. The largest absolute Gasteiger partial charge is 0.481 e. The summed E-state index contributed by atoms with van der Waals surface area (Å²) in [5.41, 5.74) is 3.98. The number of fused-ring (bicyclic) bond motifs is 3. The second kappa shape index (κ2) is 8.89. The third-order valence-corrected chi connectivity index (χ3v) is 6.57. The summed E-state index contributed by atoms with van der Waals surface area (Å²) in [4.78, 5) is 36.6. The topological polar surface area (TPSA) is 105 Å². The molecule has 2 aliphatic rings. The highest BCUT2D eigenvalue weighted by Gasteiger charge is 2.39. The maximum absolute atomic E-state index is 12.9. The molecule has 1 fully saturated rings. The predicted octanol–water partition coefficient (Wildman–Crippen LogP) is 3.92. The van der Waals surface area contributed by atoms with E-state index < -0.39 is 29.4 Å². The number of carbonyl (C=O) groups excluding carboxylic acids is 2. The number of alkyl carbamates (subject to hydrolysis) is 1. The van der Waals surface area contributed by atoms with Crippen molar-refractivity contribution in [2.24, 2.45) is 11.3 Å². The maximum Gasteiger partial charge on any atom is 0.407 e. The van der Waals surface area contributed by atoms with E-state index in [1.165, 1.54) is 0 Å². The standard InChI is InChI=1S/C26H30N2O5/c1-26(2,3)22(23(29)27-16-12-15(13-16)24(30)31)28-25(32)33-14-21-19-10-6-4-8-17(19)18-9-5-7-11-20(18)21/h4-11,15-16,21-22H,12-14H2,1-3H3,(H,27,29)(H,28,32)(H,30,31)/t15?,16?,22-/m0/s1. The van der Waals surface area contributed by atoms with Crippen LogP contribution in [0.25, 0.3) is 11.1 Å². The van der Waals surface area contributed by atoms with Crippen LogP contribution >= 0.6 is 0 Å². The van der Waals surface area contributed by atoms with Gasteiger partial charge in [-0.3, -0.25) is 9.59 Å². The Morgan fingerprint density at radius 3 is 2.06 bits per heavy atom. The predicted molar refractivity (Wildman–Crippen MR) is 124 cm³/mol. The molecule has 3 N–H and O–H groups in total. The molecular weight excluding hydrogens is 420 g/mol. The van der Waals surface area contributed by atoms with Gasteiger partial charge in [0.15, 0.2) is 0 Å². The quantitative estimate of drug-likeness (QED) is 0.619. The van der Waals surface area contributed by atoms with Gasteiger partial charge in [-0.15, -0.1) is 0 Å². The third-order valence-electron chi connectivity index (χ3n) is 6.57. The lowest BCUT2D eigenvalue weighted by atomic mass is 9.79. The molecule has 0 heterocycles. The average Bonchev–Trinajstić information content (AvgIpc) is 3.05. The van der Waals surface area contributed by atoms with Crippen molar-refractivity contribution in [3.8, 4) is 11.1 Å². The van der Waals surface area contributed by atoms with Gasteiger partial charge in [-0.2, -0.15) is 0 Å². The van der Waals surface area contributed by atoms with Gasteiger partial charge in [0.05, 0.1) is 5.92 Å². The van der Waals surface area contributed by atoms with Gasteiger partial charge in [-0.05, 0) is 40.5 Å². The molecule has 7 nitrogen and oxygen atoms in total. The fraction of sp³-hybridized carbons (Fsp3) is 0.423. The summed E-state index contributed by atoms with van der Waals surface area (Å²) in [6.07, 6.45) is 0.162. The minimum absolute atomic E-state index is 0.0620. The van der Waals surface area contributed by atoms with Crippen LogP contribution < -0.4 is 10.6 Å². The molecule has 0 saturated heterocycles. The SMILES string of the molecule is CC(C)(C)[C@@H](NC(=O)OCC1c2ccccc2-c2ccccc21)C(=O)NC1CC(C(=O)O)C1. The molecule has 0 spiro atoms. The monoisotopic (exact) mass is 450 g/mol. The van der Waals surface area contributed by atoms with Crippen LogP contribution in [0.4, 0.5) is 4.79 Å². The summed E-state index contributed by atoms with van der Waals surface area (Å²) in [7, 11) is 0. The zero-order valence-electron chi connectivity index (χ0n) is 19.1. The average molecular weight is 451 g/mol. The number of hydrogen-bond acceptors (Lipinski definition) is 4. The molecule has 2 amide bonds. The summed E-state index contributed by atoms with van der Waals surface area (Å²) in [6, 6.07) is 15.2. The van der Waals surface area contributed by atoms with Crippen LogP contribution in [0.3, 0.4) is 0 Å². The Hall–Kier alpha value is -3.35. The maximum atomic E-state index is 12.9. The van der Waals surface area contributed by atoms with Gasteiger partial charge in [-0.25, -0.2) is 4.79 Å². The van der Waals surface area contributed by atoms with E-state index in [1.54, 1.807) is 0 Å². The van der Waals surface area contributed by atoms with Gasteiger partial charge in [0.2, 0.25) is 5.91 Å². The first-order valence-corrected chi connectivity index (χ1v) is 11.3. The van der Waals surface area contributed by atoms with Crippen molar-refractivity contribution in [3.05, 3.63) is 59.7 Å². The Morgan fingerprint density at radius 1 is 1.00 bits per heavy atom. The van der Waals surface area contributed by atoms with Crippen LogP contribution in [-0.2, 0) is 14.3 Å². The lowest BCUT2D eigenvalue weighted by Crippen LogP contribution is -2.57. The van der Waals surface area contributed by atoms with Crippen LogP contribution in [0.15, 0.2) is 48.5 Å². The number of benzene rings is 2. The van der Waals surface area contributed by atoms with Crippen molar-refractivity contribution in [3.63, 3.8) is 0 Å². The number of nitrogens with one attached hydrogen (secondary N) is 2. The van der Waals surface area contributed by atoms with Gasteiger partial charge in [0, 0.05) is 12.0 Å². The molecule has 33 heavy (non-hydrogen) atoms. The number of carboxylic acid groups (broad SMARTS) is 1. The van der Waals surface area contributed by atoms with Crippen molar-refractivity contribution in [1.29, 1.82) is 0 Å². The van der Waals surface area contributed by atoms with E-state index in [2.05, 4.69) is 34.9 Å². The van der Waals surface area contributed by atoms with Crippen molar-refractivity contribution >= 4 is 18.0 Å². The minimum Gasteiger partial charge on any atom is -0.481 e. The van der Waals surface area contributed by atoms with E-state index in [1.807, 2.05) is 45.0 Å². The van der Waals surface area contributed by atoms with Gasteiger partial charge in [-0.1, -0.05) is 69.3 Å². The molecule has 0 aliphatic heterocycles. The number of carboxylic acids is 1. The smallest absolute Gasteiger partial charge is 0.407 e. The number of carbonyl (C=O) groups is 3. The molecule has 4 rings (SSSR count). The van der Waals surface area contributed by atoms with E-state index in [-0.39, 0.29) is 24.5 Å². The molecule has 2 aromatic carbocycles. The van der Waals surface area contributed by atoms with Gasteiger partial charge >= 0.3 is 12.1 Å². The van der Waals surface area contributed by atoms with Gasteiger partial charge in [0.25, 0.3) is 0 Å². The highest BCUT2D eigenvalue weighted by molar-refractivity contribution is 5.87. The second-order valence-electron chi connectivity index (χ2n) is 9.98. The van der Waals surface area contributed by atoms with E-state index in [4.69, 9.17) is 9.84 Å². The normalized spacial score (nSPS) is 20.1.